The van der Waals surface area contributed by atoms with Crippen LogP contribution in [0.3, 0.4) is 0 Å². The molecule has 3 unspecified atom stereocenters. The number of aliphatic hydroxyl groups excluding tert-OH is 2. The Bertz CT molecular complexity index is 438. The smallest absolute Gasteiger partial charge is 0.395 e. The Hall–Kier alpha value is -0.760. The number of nitrogens with one attached hydrogen (secondary N) is 1. The van der Waals surface area contributed by atoms with Gasteiger partial charge in [0, 0.05) is 17.8 Å². The van der Waals surface area contributed by atoms with Crippen LogP contribution in [0.25, 0.3) is 0 Å². The third kappa shape index (κ3) is 5.50. The van der Waals surface area contributed by atoms with Crippen LogP contribution in [0, 0.1) is 0 Å². The van der Waals surface area contributed by atoms with E-state index >= 15 is 0 Å². The van der Waals surface area contributed by atoms with E-state index in [0.29, 0.717) is 0 Å². The molecule has 1 aromatic rings. The van der Waals surface area contributed by atoms with Gasteiger partial charge in [0.25, 0.3) is 0 Å². The number of alkyl halides is 3. The number of halogens is 3. The molecule has 21 heavy (non-hydrogen) atoms. The van der Waals surface area contributed by atoms with Gasteiger partial charge >= 0.3 is 6.18 Å². The van der Waals surface area contributed by atoms with Crippen LogP contribution in [0.4, 0.5) is 13.2 Å². The van der Waals surface area contributed by atoms with Crippen molar-refractivity contribution in [3.8, 4) is 0 Å². The van der Waals surface area contributed by atoms with Crippen molar-refractivity contribution >= 4 is 11.8 Å². The second-order valence-electron chi connectivity index (χ2n) is 4.79. The molecule has 0 spiro atoms. The summed E-state index contributed by atoms with van der Waals surface area (Å²) in [4.78, 5) is 0. The summed E-state index contributed by atoms with van der Waals surface area (Å²) in [6, 6.07) is 4.61. The number of rotatable bonds is 7. The highest BCUT2D eigenvalue weighted by Gasteiger charge is 2.30. The normalized spacial score (nSPS) is 16.5. The van der Waals surface area contributed by atoms with Gasteiger partial charge in [0.2, 0.25) is 0 Å². The molecule has 1 rings (SSSR count). The summed E-state index contributed by atoms with van der Waals surface area (Å²) in [6.07, 6.45) is -3.59. The maximum atomic E-state index is 12.6. The highest BCUT2D eigenvalue weighted by molar-refractivity contribution is 7.99. The molecule has 0 saturated heterocycles. The van der Waals surface area contributed by atoms with Gasteiger partial charge in [-0.2, -0.15) is 24.9 Å². The van der Waals surface area contributed by atoms with Gasteiger partial charge in [-0.05, 0) is 30.9 Å². The average molecular weight is 323 g/mol. The predicted molar refractivity (Wildman–Crippen MR) is 78.3 cm³/mol. The zero-order valence-electron chi connectivity index (χ0n) is 11.9. The summed E-state index contributed by atoms with van der Waals surface area (Å²) in [5.74, 6) is 0. The molecular formula is C14H20F3NO2S. The van der Waals surface area contributed by atoms with Crippen molar-refractivity contribution in [3.05, 3.63) is 35.4 Å². The molecule has 0 aromatic heterocycles. The second kappa shape index (κ2) is 8.03. The van der Waals surface area contributed by atoms with Crippen molar-refractivity contribution < 1.29 is 23.4 Å². The van der Waals surface area contributed by atoms with Crippen LogP contribution in [0.1, 0.15) is 24.2 Å². The van der Waals surface area contributed by atoms with E-state index in [-0.39, 0.29) is 30.0 Å². The van der Waals surface area contributed by atoms with Gasteiger partial charge in [0.1, 0.15) is 0 Å². The largest absolute Gasteiger partial charge is 0.416 e. The van der Waals surface area contributed by atoms with Gasteiger partial charge in [-0.3, -0.25) is 0 Å². The first kappa shape index (κ1) is 18.3. The van der Waals surface area contributed by atoms with Crippen LogP contribution in [0.15, 0.2) is 24.3 Å². The van der Waals surface area contributed by atoms with Crippen molar-refractivity contribution in [2.45, 2.75) is 30.5 Å². The fourth-order valence-corrected chi connectivity index (χ4v) is 2.56. The molecule has 0 aliphatic carbocycles. The van der Waals surface area contributed by atoms with Crippen molar-refractivity contribution in [1.82, 2.24) is 5.32 Å². The monoisotopic (exact) mass is 323 g/mol. The molecule has 1 aromatic carbocycles. The van der Waals surface area contributed by atoms with Crippen LogP contribution >= 0.6 is 11.8 Å². The molecule has 0 amide bonds. The number of hydrogen-bond donors (Lipinski definition) is 3. The highest BCUT2D eigenvalue weighted by atomic mass is 32.2. The van der Waals surface area contributed by atoms with Crippen molar-refractivity contribution in [2.24, 2.45) is 0 Å². The Kier molecular flexibility index (Phi) is 6.99. The number of hydrogen-bond acceptors (Lipinski definition) is 4. The first-order chi connectivity index (χ1) is 9.79. The summed E-state index contributed by atoms with van der Waals surface area (Å²) in [5, 5.41) is 22.1. The van der Waals surface area contributed by atoms with Crippen LogP contribution in [0.2, 0.25) is 0 Å². The van der Waals surface area contributed by atoms with Gasteiger partial charge in [0.15, 0.2) is 0 Å². The molecule has 3 N–H and O–H groups in total. The number of benzene rings is 1. The van der Waals surface area contributed by atoms with Crippen molar-refractivity contribution in [1.29, 1.82) is 0 Å². The Morgan fingerprint density at radius 2 is 2.00 bits per heavy atom. The Morgan fingerprint density at radius 1 is 1.33 bits per heavy atom. The summed E-state index contributed by atoms with van der Waals surface area (Å²) >= 11 is 1.49. The Labute approximate surface area is 126 Å². The van der Waals surface area contributed by atoms with Crippen LogP contribution in [0.5, 0.6) is 0 Å². The molecule has 120 valence electrons. The fraction of sp³-hybridized carbons (Fsp3) is 0.571. The standard InChI is InChI=1S/C14H20F3NO2S/c1-9(13(8-19)21-2)18-7-12(20)10-4-3-5-11(6-10)14(15,16)17/h3-6,9,12-13,18-20H,7-8H2,1-2H3. The molecule has 7 heteroatoms. The topological polar surface area (TPSA) is 52.5 Å². The molecule has 3 nitrogen and oxygen atoms in total. The predicted octanol–water partition coefficient (Wildman–Crippen LogP) is 2.44. The molecule has 0 bridgehead atoms. The Morgan fingerprint density at radius 3 is 2.52 bits per heavy atom. The molecular weight excluding hydrogens is 303 g/mol. The lowest BCUT2D eigenvalue weighted by molar-refractivity contribution is -0.137. The molecule has 0 aliphatic rings. The zero-order chi connectivity index (χ0) is 16.0. The van der Waals surface area contributed by atoms with Crippen molar-refractivity contribution in [3.63, 3.8) is 0 Å². The molecule has 0 radical (unpaired) electrons. The van der Waals surface area contributed by atoms with Gasteiger partial charge < -0.3 is 15.5 Å². The minimum Gasteiger partial charge on any atom is -0.395 e. The van der Waals surface area contributed by atoms with E-state index in [1.807, 2.05) is 13.2 Å². The maximum Gasteiger partial charge on any atom is 0.416 e. The summed E-state index contributed by atoms with van der Waals surface area (Å²) in [6.45, 7) is 1.98. The third-order valence-corrected chi connectivity index (χ3v) is 4.44. The summed E-state index contributed by atoms with van der Waals surface area (Å²) in [5.41, 5.74) is -0.557. The van der Waals surface area contributed by atoms with E-state index in [1.54, 1.807) is 0 Å². The van der Waals surface area contributed by atoms with Gasteiger partial charge in [-0.15, -0.1) is 0 Å². The van der Waals surface area contributed by atoms with E-state index < -0.39 is 17.8 Å². The van der Waals surface area contributed by atoms with E-state index in [0.717, 1.165) is 12.1 Å². The molecule has 0 heterocycles. The molecule has 3 atom stereocenters. The SMILES string of the molecule is CSC(CO)C(C)NCC(O)c1cccc(C(F)(F)F)c1. The van der Waals surface area contributed by atoms with Crippen LogP contribution < -0.4 is 5.32 Å². The third-order valence-electron chi connectivity index (χ3n) is 3.27. The van der Waals surface area contributed by atoms with E-state index in [2.05, 4.69) is 5.32 Å². The maximum absolute atomic E-state index is 12.6. The minimum absolute atomic E-state index is 0.00497. The van der Waals surface area contributed by atoms with Crippen molar-refractivity contribution in [2.75, 3.05) is 19.4 Å². The van der Waals surface area contributed by atoms with E-state index in [4.69, 9.17) is 5.11 Å². The van der Waals surface area contributed by atoms with Gasteiger partial charge in [-0.1, -0.05) is 12.1 Å². The highest BCUT2D eigenvalue weighted by Crippen LogP contribution is 2.30. The average Bonchev–Trinajstić information content (AvgIpc) is 2.45. The van der Waals surface area contributed by atoms with E-state index in [9.17, 15) is 18.3 Å². The lowest BCUT2D eigenvalue weighted by Crippen LogP contribution is -2.39. The second-order valence-corrected chi connectivity index (χ2v) is 5.87. The first-order valence-electron chi connectivity index (χ1n) is 6.51. The van der Waals surface area contributed by atoms with Crippen LogP contribution in [-0.2, 0) is 6.18 Å². The molecule has 0 aliphatic heterocycles. The van der Waals surface area contributed by atoms with E-state index in [1.165, 1.54) is 23.9 Å². The summed E-state index contributed by atoms with van der Waals surface area (Å²) in [7, 11) is 0. The fourth-order valence-electron chi connectivity index (χ4n) is 1.91. The lowest BCUT2D eigenvalue weighted by Gasteiger charge is -2.23. The quantitative estimate of drug-likeness (QED) is 0.721. The Balaban J connectivity index is 2.66. The first-order valence-corrected chi connectivity index (χ1v) is 7.80. The molecule has 0 saturated carbocycles. The summed E-state index contributed by atoms with van der Waals surface area (Å²) < 4.78 is 37.8. The molecule has 0 fully saturated rings. The number of thioether (sulfide) groups is 1. The lowest BCUT2D eigenvalue weighted by atomic mass is 10.1. The number of aliphatic hydroxyl groups is 2. The minimum atomic E-state index is -4.42. The van der Waals surface area contributed by atoms with Gasteiger partial charge in [-0.25, -0.2) is 0 Å². The van der Waals surface area contributed by atoms with Gasteiger partial charge in [0.05, 0.1) is 18.3 Å². The van der Waals surface area contributed by atoms with Crippen LogP contribution in [-0.4, -0.2) is 40.9 Å². The zero-order valence-corrected chi connectivity index (χ0v) is 12.7.